The lowest BCUT2D eigenvalue weighted by Crippen LogP contribution is -2.24. The van der Waals surface area contributed by atoms with Crippen LogP contribution in [0.5, 0.6) is 0 Å². The van der Waals surface area contributed by atoms with Crippen molar-refractivity contribution in [3.05, 3.63) is 105 Å². The maximum Gasteiger partial charge on any atom is 0.339 e. The van der Waals surface area contributed by atoms with Crippen LogP contribution in [0.25, 0.3) is 0 Å². The van der Waals surface area contributed by atoms with Crippen molar-refractivity contribution < 1.29 is 19.1 Å². The van der Waals surface area contributed by atoms with Gasteiger partial charge in [0.05, 0.1) is 5.56 Å². The zero-order valence-corrected chi connectivity index (χ0v) is 19.0. The third-order valence-electron chi connectivity index (χ3n) is 6.08. The van der Waals surface area contributed by atoms with Crippen LogP contribution in [0.3, 0.4) is 0 Å². The van der Waals surface area contributed by atoms with Crippen LogP contribution >= 0.6 is 0 Å². The first-order valence-corrected chi connectivity index (χ1v) is 10.7. The Morgan fingerprint density at radius 1 is 0.812 bits per heavy atom. The SMILES string of the molecule is Cc1cc(C(C)(C)C)cc(C)c1COC(=O)c1cccc2c1C(=O)c1ccccc1C2=O. The predicted molar refractivity (Wildman–Crippen MR) is 123 cm³/mol. The molecule has 0 saturated heterocycles. The minimum Gasteiger partial charge on any atom is -0.457 e. The molecular weight excluding hydrogens is 400 g/mol. The summed E-state index contributed by atoms with van der Waals surface area (Å²) in [7, 11) is 0. The molecule has 0 saturated carbocycles. The Morgan fingerprint density at radius 2 is 1.38 bits per heavy atom. The van der Waals surface area contributed by atoms with Crippen molar-refractivity contribution in [3.8, 4) is 0 Å². The first-order chi connectivity index (χ1) is 15.1. The lowest BCUT2D eigenvalue weighted by molar-refractivity contribution is 0.0469. The number of ketones is 2. The molecule has 4 nitrogen and oxygen atoms in total. The van der Waals surface area contributed by atoms with Crippen LogP contribution < -0.4 is 0 Å². The summed E-state index contributed by atoms with van der Waals surface area (Å²) in [5.41, 5.74) is 5.47. The highest BCUT2D eigenvalue weighted by Gasteiger charge is 2.33. The van der Waals surface area contributed by atoms with E-state index in [9.17, 15) is 14.4 Å². The Kier molecular flexibility index (Phi) is 5.33. The molecule has 1 aliphatic carbocycles. The van der Waals surface area contributed by atoms with Crippen LogP contribution in [-0.4, -0.2) is 17.5 Å². The number of benzene rings is 3. The molecule has 0 fully saturated rings. The summed E-state index contributed by atoms with van der Waals surface area (Å²) in [5.74, 6) is -1.19. The van der Waals surface area contributed by atoms with Crippen molar-refractivity contribution in [2.75, 3.05) is 0 Å². The summed E-state index contributed by atoms with van der Waals surface area (Å²) in [6, 6.07) is 15.7. The van der Waals surface area contributed by atoms with Crippen LogP contribution in [0, 0.1) is 13.8 Å². The van der Waals surface area contributed by atoms with E-state index in [-0.39, 0.29) is 40.3 Å². The second-order valence-electron chi connectivity index (χ2n) is 9.35. The lowest BCUT2D eigenvalue weighted by Gasteiger charge is -2.22. The van der Waals surface area contributed by atoms with Gasteiger partial charge in [-0.1, -0.05) is 69.3 Å². The van der Waals surface area contributed by atoms with Gasteiger partial charge in [0.15, 0.2) is 11.6 Å². The van der Waals surface area contributed by atoms with Gasteiger partial charge in [0.1, 0.15) is 6.61 Å². The van der Waals surface area contributed by atoms with Gasteiger partial charge in [-0.3, -0.25) is 9.59 Å². The van der Waals surface area contributed by atoms with Gasteiger partial charge in [0, 0.05) is 22.3 Å². The average Bonchev–Trinajstić information content (AvgIpc) is 2.75. The zero-order valence-electron chi connectivity index (χ0n) is 19.0. The van der Waals surface area contributed by atoms with Gasteiger partial charge >= 0.3 is 5.97 Å². The summed E-state index contributed by atoms with van der Waals surface area (Å²) in [5, 5.41) is 0. The molecule has 0 spiro atoms. The van der Waals surface area contributed by atoms with Gasteiger partial charge in [-0.15, -0.1) is 0 Å². The Balaban J connectivity index is 1.64. The predicted octanol–water partition coefficient (Wildman–Crippen LogP) is 5.73. The standard InChI is InChI=1S/C28H26O4/c1-16-13-18(28(3,4)5)14-17(2)23(16)15-32-27(31)22-12-8-11-21-24(22)26(30)20-10-7-6-9-19(20)25(21)29/h6-14H,15H2,1-5H3. The fourth-order valence-electron chi connectivity index (χ4n) is 4.18. The minimum atomic E-state index is -0.610. The highest BCUT2D eigenvalue weighted by molar-refractivity contribution is 6.30. The first-order valence-electron chi connectivity index (χ1n) is 10.7. The van der Waals surface area contributed by atoms with Crippen molar-refractivity contribution in [2.45, 2.75) is 46.6 Å². The molecule has 0 aliphatic heterocycles. The molecule has 0 heterocycles. The summed E-state index contributed by atoms with van der Waals surface area (Å²) < 4.78 is 5.64. The topological polar surface area (TPSA) is 60.4 Å². The van der Waals surface area contributed by atoms with Crippen molar-refractivity contribution in [2.24, 2.45) is 0 Å². The number of esters is 1. The fourth-order valence-corrected chi connectivity index (χ4v) is 4.18. The Morgan fingerprint density at radius 3 is 1.97 bits per heavy atom. The van der Waals surface area contributed by atoms with Crippen molar-refractivity contribution in [3.63, 3.8) is 0 Å². The molecule has 3 aromatic rings. The first kappa shape index (κ1) is 21.7. The summed E-state index contributed by atoms with van der Waals surface area (Å²) >= 11 is 0. The van der Waals surface area contributed by atoms with E-state index < -0.39 is 5.97 Å². The number of carbonyl (C=O) groups is 3. The maximum atomic E-state index is 13.1. The van der Waals surface area contributed by atoms with Gasteiger partial charge in [-0.2, -0.15) is 0 Å². The molecule has 4 heteroatoms. The fraction of sp³-hybridized carbons (Fsp3) is 0.250. The molecule has 0 aromatic heterocycles. The molecule has 0 atom stereocenters. The van der Waals surface area contributed by atoms with Gasteiger partial charge < -0.3 is 4.74 Å². The Bertz CT molecular complexity index is 1250. The number of fused-ring (bicyclic) bond motifs is 2. The second kappa shape index (κ2) is 7.86. The number of hydrogen-bond donors (Lipinski definition) is 0. The number of aryl methyl sites for hydroxylation is 2. The largest absolute Gasteiger partial charge is 0.457 e. The van der Waals surface area contributed by atoms with Gasteiger partial charge in [0.25, 0.3) is 0 Å². The molecule has 0 N–H and O–H groups in total. The quantitative estimate of drug-likeness (QED) is 0.392. The smallest absolute Gasteiger partial charge is 0.339 e. The lowest BCUT2D eigenvalue weighted by atomic mass is 9.82. The molecule has 0 amide bonds. The summed E-state index contributed by atoms with van der Waals surface area (Å²) in [6.07, 6.45) is 0. The summed E-state index contributed by atoms with van der Waals surface area (Å²) in [4.78, 5) is 39.1. The van der Waals surface area contributed by atoms with Gasteiger partial charge in [-0.05, 0) is 47.6 Å². The molecule has 1 aliphatic rings. The van der Waals surface area contributed by atoms with Crippen LogP contribution in [0.2, 0.25) is 0 Å². The van der Waals surface area contributed by atoms with E-state index in [1.807, 2.05) is 13.8 Å². The third kappa shape index (κ3) is 3.66. The van der Waals surface area contributed by atoms with Crippen LogP contribution in [-0.2, 0) is 16.8 Å². The van der Waals surface area contributed by atoms with E-state index >= 15 is 0 Å². The van der Waals surface area contributed by atoms with Crippen molar-refractivity contribution >= 4 is 17.5 Å². The molecule has 0 radical (unpaired) electrons. The van der Waals surface area contributed by atoms with E-state index in [2.05, 4.69) is 32.9 Å². The van der Waals surface area contributed by atoms with Gasteiger partial charge in [0.2, 0.25) is 0 Å². The normalized spacial score (nSPS) is 12.9. The van der Waals surface area contributed by atoms with E-state index in [0.717, 1.165) is 16.7 Å². The molecular formula is C28H26O4. The van der Waals surface area contributed by atoms with E-state index in [1.54, 1.807) is 42.5 Å². The number of carbonyl (C=O) groups excluding carboxylic acids is 3. The molecule has 0 bridgehead atoms. The van der Waals surface area contributed by atoms with E-state index in [4.69, 9.17) is 4.74 Å². The van der Waals surface area contributed by atoms with Crippen LogP contribution in [0.15, 0.2) is 54.6 Å². The van der Waals surface area contributed by atoms with Gasteiger partial charge in [-0.25, -0.2) is 4.79 Å². The molecule has 162 valence electrons. The Labute approximate surface area is 188 Å². The van der Waals surface area contributed by atoms with Crippen LogP contribution in [0.1, 0.15) is 85.2 Å². The minimum absolute atomic E-state index is 0.0248. The van der Waals surface area contributed by atoms with E-state index in [0.29, 0.717) is 11.1 Å². The Hall–Kier alpha value is -3.53. The van der Waals surface area contributed by atoms with Crippen molar-refractivity contribution in [1.82, 2.24) is 0 Å². The monoisotopic (exact) mass is 426 g/mol. The van der Waals surface area contributed by atoms with Crippen LogP contribution in [0.4, 0.5) is 0 Å². The highest BCUT2D eigenvalue weighted by atomic mass is 16.5. The van der Waals surface area contributed by atoms with E-state index in [1.165, 1.54) is 5.56 Å². The second-order valence-corrected chi connectivity index (χ2v) is 9.35. The van der Waals surface area contributed by atoms with Crippen molar-refractivity contribution in [1.29, 1.82) is 0 Å². The molecule has 0 unspecified atom stereocenters. The number of ether oxygens (including phenoxy) is 1. The summed E-state index contributed by atoms with van der Waals surface area (Å²) in [6.45, 7) is 10.6. The molecule has 32 heavy (non-hydrogen) atoms. The highest BCUT2D eigenvalue weighted by Crippen LogP contribution is 2.31. The molecule has 3 aromatic carbocycles. The zero-order chi connectivity index (χ0) is 23.2. The number of rotatable bonds is 3. The average molecular weight is 427 g/mol. The molecule has 4 rings (SSSR count). The number of hydrogen-bond acceptors (Lipinski definition) is 4. The third-order valence-corrected chi connectivity index (χ3v) is 6.08. The maximum absolute atomic E-state index is 13.1.